The summed E-state index contributed by atoms with van der Waals surface area (Å²) in [6.07, 6.45) is -4.46. The van der Waals surface area contributed by atoms with Gasteiger partial charge < -0.3 is 11.5 Å². The smallest absolute Gasteiger partial charge is 0.384 e. The van der Waals surface area contributed by atoms with Crippen LogP contribution in [0.3, 0.4) is 0 Å². The van der Waals surface area contributed by atoms with Gasteiger partial charge in [-0.2, -0.15) is 18.3 Å². The van der Waals surface area contributed by atoms with Crippen LogP contribution in [0.1, 0.15) is 11.6 Å². The number of benzene rings is 1. The Morgan fingerprint density at radius 2 is 2.00 bits per heavy atom. The molecule has 1 aromatic heterocycles. The number of nitrogens with two attached hydrogens (primary N) is 2. The highest BCUT2D eigenvalue weighted by molar-refractivity contribution is 5.88. The predicted molar refractivity (Wildman–Crippen MR) is 53.5 cm³/mol. The molecule has 0 saturated heterocycles. The van der Waals surface area contributed by atoms with Gasteiger partial charge >= 0.3 is 6.18 Å². The molecular weight excluding hydrogens is 221 g/mol. The van der Waals surface area contributed by atoms with E-state index in [4.69, 9.17) is 11.5 Å². The summed E-state index contributed by atoms with van der Waals surface area (Å²) in [5.41, 5.74) is 10.9. The first-order valence-electron chi connectivity index (χ1n) is 4.45. The summed E-state index contributed by atoms with van der Waals surface area (Å²) in [4.78, 5) is 0. The van der Waals surface area contributed by atoms with Gasteiger partial charge in [-0.1, -0.05) is 6.07 Å². The Morgan fingerprint density at radius 1 is 1.31 bits per heavy atom. The second-order valence-electron chi connectivity index (χ2n) is 3.43. The Hall–Kier alpha value is -1.76. The Labute approximate surface area is 88.4 Å². The minimum absolute atomic E-state index is 0.0356. The topological polar surface area (TPSA) is 80.7 Å². The van der Waals surface area contributed by atoms with E-state index in [-0.39, 0.29) is 5.56 Å². The molecule has 0 fully saturated rings. The molecule has 2 aromatic rings. The third-order valence-electron chi connectivity index (χ3n) is 2.32. The zero-order valence-electron chi connectivity index (χ0n) is 8.05. The molecule has 16 heavy (non-hydrogen) atoms. The average Bonchev–Trinajstić information content (AvgIpc) is 2.57. The van der Waals surface area contributed by atoms with Crippen molar-refractivity contribution in [3.8, 4) is 0 Å². The van der Waals surface area contributed by atoms with E-state index in [1.807, 2.05) is 0 Å². The highest BCUT2D eigenvalue weighted by Crippen LogP contribution is 2.32. The number of aromatic amines is 1. The van der Waals surface area contributed by atoms with Crippen molar-refractivity contribution in [3.63, 3.8) is 0 Å². The molecule has 0 aliphatic heterocycles. The van der Waals surface area contributed by atoms with Crippen molar-refractivity contribution in [1.82, 2.24) is 10.2 Å². The number of alkyl halides is 3. The van der Waals surface area contributed by atoms with Gasteiger partial charge in [-0.25, -0.2) is 0 Å². The predicted octanol–water partition coefficient (Wildman–Crippen LogP) is 1.71. The van der Waals surface area contributed by atoms with Crippen LogP contribution in [0.15, 0.2) is 18.2 Å². The zero-order valence-corrected chi connectivity index (χ0v) is 8.05. The lowest BCUT2D eigenvalue weighted by Crippen LogP contribution is -2.28. The minimum Gasteiger partial charge on any atom is -0.384 e. The van der Waals surface area contributed by atoms with Gasteiger partial charge in [0, 0.05) is 5.39 Å². The largest absolute Gasteiger partial charge is 0.407 e. The molecule has 7 heteroatoms. The summed E-state index contributed by atoms with van der Waals surface area (Å²) in [6, 6.07) is 2.04. The SMILES string of the molecule is Nc1[nH]nc2cc([C@@H](N)C(F)(F)F)ccc12. The Balaban J connectivity index is 2.47. The maximum Gasteiger partial charge on any atom is 0.407 e. The standard InChI is InChI=1S/C9H9F3N4/c10-9(11,12)7(13)4-1-2-5-6(3-4)15-16-8(5)14/h1-3,7H,13H2,(H3,14,15,16)/t7-/m1/s1. The van der Waals surface area contributed by atoms with Gasteiger partial charge in [-0.05, 0) is 17.7 Å². The molecule has 1 atom stereocenters. The quantitative estimate of drug-likeness (QED) is 0.697. The monoisotopic (exact) mass is 230 g/mol. The fraction of sp³-hybridized carbons (Fsp3) is 0.222. The number of hydrogen-bond donors (Lipinski definition) is 3. The number of halogens is 3. The zero-order chi connectivity index (χ0) is 11.9. The van der Waals surface area contributed by atoms with Crippen molar-refractivity contribution < 1.29 is 13.2 Å². The van der Waals surface area contributed by atoms with E-state index >= 15 is 0 Å². The van der Waals surface area contributed by atoms with Crippen molar-refractivity contribution in [2.75, 3.05) is 5.73 Å². The van der Waals surface area contributed by atoms with Gasteiger partial charge in [-0.3, -0.25) is 5.10 Å². The van der Waals surface area contributed by atoms with E-state index in [0.29, 0.717) is 16.7 Å². The van der Waals surface area contributed by atoms with Crippen LogP contribution in [-0.4, -0.2) is 16.4 Å². The third kappa shape index (κ3) is 1.69. The van der Waals surface area contributed by atoms with Gasteiger partial charge in [0.15, 0.2) is 0 Å². The van der Waals surface area contributed by atoms with E-state index in [1.54, 1.807) is 0 Å². The molecule has 1 heterocycles. The van der Waals surface area contributed by atoms with Gasteiger partial charge in [0.2, 0.25) is 0 Å². The molecule has 0 spiro atoms. The fourth-order valence-electron chi connectivity index (χ4n) is 1.43. The highest BCUT2D eigenvalue weighted by atomic mass is 19.4. The molecule has 0 bridgehead atoms. The van der Waals surface area contributed by atoms with E-state index in [9.17, 15) is 13.2 Å². The van der Waals surface area contributed by atoms with Crippen LogP contribution in [0.2, 0.25) is 0 Å². The fourth-order valence-corrected chi connectivity index (χ4v) is 1.43. The van der Waals surface area contributed by atoms with E-state index in [2.05, 4.69) is 10.2 Å². The second-order valence-corrected chi connectivity index (χ2v) is 3.43. The number of nitrogens with zero attached hydrogens (tertiary/aromatic N) is 1. The molecule has 0 saturated carbocycles. The summed E-state index contributed by atoms with van der Waals surface area (Å²) in [5.74, 6) is 0.321. The number of nitrogens with one attached hydrogen (secondary N) is 1. The molecule has 2 rings (SSSR count). The average molecular weight is 230 g/mol. The number of rotatable bonds is 1. The van der Waals surface area contributed by atoms with Crippen molar-refractivity contribution in [3.05, 3.63) is 23.8 Å². The van der Waals surface area contributed by atoms with Crippen LogP contribution in [0, 0.1) is 0 Å². The van der Waals surface area contributed by atoms with Crippen LogP contribution >= 0.6 is 0 Å². The Morgan fingerprint density at radius 3 is 2.62 bits per heavy atom. The van der Waals surface area contributed by atoms with Crippen LogP contribution in [0.5, 0.6) is 0 Å². The van der Waals surface area contributed by atoms with Gasteiger partial charge in [0.05, 0.1) is 5.52 Å². The number of H-pyrrole nitrogens is 1. The molecular formula is C9H9F3N4. The lowest BCUT2D eigenvalue weighted by Gasteiger charge is -2.15. The summed E-state index contributed by atoms with van der Waals surface area (Å²) >= 11 is 0. The maximum atomic E-state index is 12.4. The summed E-state index contributed by atoms with van der Waals surface area (Å²) in [7, 11) is 0. The van der Waals surface area contributed by atoms with Crippen molar-refractivity contribution in [1.29, 1.82) is 0 Å². The van der Waals surface area contributed by atoms with Crippen LogP contribution in [0.4, 0.5) is 19.0 Å². The highest BCUT2D eigenvalue weighted by Gasteiger charge is 2.37. The number of anilines is 1. The molecule has 0 aliphatic carbocycles. The summed E-state index contributed by atoms with van der Waals surface area (Å²) in [5, 5.41) is 6.84. The molecule has 0 amide bonds. The molecule has 0 unspecified atom stereocenters. The van der Waals surface area contributed by atoms with E-state index in [1.165, 1.54) is 18.2 Å². The van der Waals surface area contributed by atoms with Crippen LogP contribution < -0.4 is 11.5 Å². The lowest BCUT2D eigenvalue weighted by atomic mass is 10.1. The van der Waals surface area contributed by atoms with E-state index in [0.717, 1.165) is 0 Å². The molecule has 4 nitrogen and oxygen atoms in total. The van der Waals surface area contributed by atoms with Gasteiger partial charge in [-0.15, -0.1) is 0 Å². The normalized spacial score (nSPS) is 14.2. The lowest BCUT2D eigenvalue weighted by molar-refractivity contribution is -0.149. The first-order chi connectivity index (χ1) is 7.39. The van der Waals surface area contributed by atoms with Crippen molar-refractivity contribution in [2.45, 2.75) is 12.2 Å². The van der Waals surface area contributed by atoms with Crippen molar-refractivity contribution in [2.24, 2.45) is 5.73 Å². The molecule has 86 valence electrons. The number of nitrogen functional groups attached to an aromatic ring is 1. The van der Waals surface area contributed by atoms with Crippen molar-refractivity contribution >= 4 is 16.7 Å². The first-order valence-corrected chi connectivity index (χ1v) is 4.45. The third-order valence-corrected chi connectivity index (χ3v) is 2.32. The van der Waals surface area contributed by atoms with Crippen LogP contribution in [-0.2, 0) is 0 Å². The molecule has 1 aromatic carbocycles. The molecule has 0 aliphatic rings. The number of hydrogen-bond acceptors (Lipinski definition) is 3. The van der Waals surface area contributed by atoms with Crippen LogP contribution in [0.25, 0.3) is 10.9 Å². The number of aromatic nitrogens is 2. The Kier molecular flexibility index (Phi) is 2.27. The first kappa shape index (κ1) is 10.7. The second kappa shape index (κ2) is 3.38. The molecule has 5 N–H and O–H groups in total. The van der Waals surface area contributed by atoms with Gasteiger partial charge in [0.25, 0.3) is 0 Å². The summed E-state index contributed by atoms with van der Waals surface area (Å²) < 4.78 is 37.1. The van der Waals surface area contributed by atoms with E-state index < -0.39 is 12.2 Å². The molecule has 0 radical (unpaired) electrons. The number of fused-ring (bicyclic) bond motifs is 1. The minimum atomic E-state index is -4.46. The van der Waals surface area contributed by atoms with Gasteiger partial charge in [0.1, 0.15) is 11.9 Å². The maximum absolute atomic E-state index is 12.4. The Bertz CT molecular complexity index is 517. The summed E-state index contributed by atoms with van der Waals surface area (Å²) in [6.45, 7) is 0.